The first-order valence-corrected chi connectivity index (χ1v) is 4.55. The monoisotopic (exact) mass is 232 g/mol. The number of benzene rings is 1. The van der Waals surface area contributed by atoms with Crippen LogP contribution in [0.4, 0.5) is 4.39 Å². The fourth-order valence-corrected chi connectivity index (χ4v) is 1.18. The van der Waals surface area contributed by atoms with Crippen LogP contribution in [0.3, 0.4) is 0 Å². The van der Waals surface area contributed by atoms with Gasteiger partial charge < -0.3 is 5.73 Å². The molecule has 0 bridgehead atoms. The lowest BCUT2D eigenvalue weighted by molar-refractivity contribution is -0.125. The number of rotatable bonds is 5. The molecule has 0 saturated heterocycles. The van der Waals surface area contributed by atoms with Crippen molar-refractivity contribution in [2.45, 2.75) is 6.54 Å². The SMILES string of the molecule is NC(=O)CONCc1c(F)cccc1Cl. The molecule has 0 heterocycles. The minimum absolute atomic E-state index is 0.0682. The third kappa shape index (κ3) is 3.83. The maximum atomic E-state index is 13.2. The molecule has 0 aromatic heterocycles. The van der Waals surface area contributed by atoms with E-state index >= 15 is 0 Å². The molecular formula is C9H10ClFN2O2. The van der Waals surface area contributed by atoms with Gasteiger partial charge in [0.25, 0.3) is 0 Å². The lowest BCUT2D eigenvalue weighted by Gasteiger charge is -2.06. The van der Waals surface area contributed by atoms with Crippen molar-refractivity contribution in [2.75, 3.05) is 6.61 Å². The van der Waals surface area contributed by atoms with Crippen molar-refractivity contribution in [1.82, 2.24) is 5.48 Å². The van der Waals surface area contributed by atoms with Gasteiger partial charge >= 0.3 is 0 Å². The van der Waals surface area contributed by atoms with E-state index in [0.717, 1.165) is 0 Å². The molecule has 0 aliphatic rings. The van der Waals surface area contributed by atoms with Crippen LogP contribution < -0.4 is 11.2 Å². The summed E-state index contributed by atoms with van der Waals surface area (Å²) >= 11 is 5.74. The Morgan fingerprint density at radius 2 is 2.33 bits per heavy atom. The summed E-state index contributed by atoms with van der Waals surface area (Å²) in [6.07, 6.45) is 0. The second-order valence-electron chi connectivity index (χ2n) is 2.78. The zero-order valence-corrected chi connectivity index (χ0v) is 8.55. The van der Waals surface area contributed by atoms with Crippen molar-refractivity contribution in [3.63, 3.8) is 0 Å². The van der Waals surface area contributed by atoms with Gasteiger partial charge in [-0.3, -0.25) is 9.63 Å². The predicted octanol–water partition coefficient (Wildman–Crippen LogP) is 0.986. The molecule has 3 N–H and O–H groups in total. The van der Waals surface area contributed by atoms with Crippen LogP contribution in [0.5, 0.6) is 0 Å². The maximum Gasteiger partial charge on any atom is 0.245 e. The average molecular weight is 233 g/mol. The van der Waals surface area contributed by atoms with E-state index in [1.54, 1.807) is 6.07 Å². The van der Waals surface area contributed by atoms with Gasteiger partial charge in [0.1, 0.15) is 12.4 Å². The molecule has 0 spiro atoms. The number of halogens is 2. The predicted molar refractivity (Wildman–Crippen MR) is 53.4 cm³/mol. The standard InChI is InChI=1S/C9H10ClFN2O2/c10-7-2-1-3-8(11)6(7)4-13-15-5-9(12)14/h1-3,13H,4-5H2,(H2,12,14). The Labute approximate surface area is 91.1 Å². The molecular weight excluding hydrogens is 223 g/mol. The van der Waals surface area contributed by atoms with Gasteiger partial charge in [-0.2, -0.15) is 5.48 Å². The molecule has 6 heteroatoms. The molecule has 0 aliphatic carbocycles. The summed E-state index contributed by atoms with van der Waals surface area (Å²) in [6, 6.07) is 4.36. The third-order valence-corrected chi connectivity index (χ3v) is 1.98. The number of hydrogen-bond donors (Lipinski definition) is 2. The van der Waals surface area contributed by atoms with E-state index < -0.39 is 11.7 Å². The van der Waals surface area contributed by atoms with Crippen molar-refractivity contribution in [3.8, 4) is 0 Å². The van der Waals surface area contributed by atoms with Crippen LogP contribution in [0.15, 0.2) is 18.2 Å². The maximum absolute atomic E-state index is 13.2. The molecule has 0 aliphatic heterocycles. The first kappa shape index (κ1) is 11.9. The Morgan fingerprint density at radius 1 is 1.60 bits per heavy atom. The van der Waals surface area contributed by atoms with Crippen LogP contribution in [0.25, 0.3) is 0 Å². The quantitative estimate of drug-likeness (QED) is 0.588. The fraction of sp³-hybridized carbons (Fsp3) is 0.222. The lowest BCUT2D eigenvalue weighted by Crippen LogP contribution is -2.24. The van der Waals surface area contributed by atoms with E-state index in [-0.39, 0.29) is 18.7 Å². The fourth-order valence-electron chi connectivity index (χ4n) is 0.947. The number of hydrogen-bond acceptors (Lipinski definition) is 3. The van der Waals surface area contributed by atoms with Crippen LogP contribution >= 0.6 is 11.6 Å². The Hall–Kier alpha value is -1.17. The summed E-state index contributed by atoms with van der Waals surface area (Å²) in [6.45, 7) is -0.204. The van der Waals surface area contributed by atoms with Gasteiger partial charge in [-0.25, -0.2) is 4.39 Å². The number of primary amides is 1. The zero-order chi connectivity index (χ0) is 11.3. The van der Waals surface area contributed by atoms with E-state index in [2.05, 4.69) is 10.3 Å². The highest BCUT2D eigenvalue weighted by Crippen LogP contribution is 2.18. The molecule has 1 aromatic carbocycles. The van der Waals surface area contributed by atoms with Gasteiger partial charge in [0.05, 0.1) is 6.54 Å². The largest absolute Gasteiger partial charge is 0.368 e. The molecule has 4 nitrogen and oxygen atoms in total. The number of nitrogens with one attached hydrogen (secondary N) is 1. The summed E-state index contributed by atoms with van der Waals surface area (Å²) in [7, 11) is 0. The Kier molecular flexibility index (Phi) is 4.48. The summed E-state index contributed by atoms with van der Waals surface area (Å²) in [5.41, 5.74) is 7.50. The van der Waals surface area contributed by atoms with Crippen molar-refractivity contribution in [3.05, 3.63) is 34.6 Å². The molecule has 1 amide bonds. The second kappa shape index (κ2) is 5.65. The number of nitrogens with two attached hydrogens (primary N) is 1. The molecule has 0 atom stereocenters. The Morgan fingerprint density at radius 3 is 2.93 bits per heavy atom. The Bertz CT molecular complexity index is 340. The first-order valence-electron chi connectivity index (χ1n) is 4.17. The molecule has 1 rings (SSSR count). The highest BCUT2D eigenvalue weighted by atomic mass is 35.5. The second-order valence-corrected chi connectivity index (χ2v) is 3.18. The number of carbonyl (C=O) groups is 1. The van der Waals surface area contributed by atoms with Gasteiger partial charge in [0.15, 0.2) is 0 Å². The highest BCUT2D eigenvalue weighted by molar-refractivity contribution is 6.31. The number of hydroxylamine groups is 1. The average Bonchev–Trinajstić information content (AvgIpc) is 2.15. The molecule has 0 radical (unpaired) electrons. The van der Waals surface area contributed by atoms with E-state index in [1.165, 1.54) is 12.1 Å². The minimum Gasteiger partial charge on any atom is -0.368 e. The van der Waals surface area contributed by atoms with Crippen molar-refractivity contribution < 1.29 is 14.0 Å². The van der Waals surface area contributed by atoms with E-state index in [0.29, 0.717) is 5.02 Å². The van der Waals surface area contributed by atoms with Gasteiger partial charge in [0.2, 0.25) is 5.91 Å². The van der Waals surface area contributed by atoms with Gasteiger partial charge in [0, 0.05) is 10.6 Å². The van der Waals surface area contributed by atoms with Gasteiger partial charge in [-0.15, -0.1) is 0 Å². The number of amides is 1. The third-order valence-electron chi connectivity index (χ3n) is 1.63. The summed E-state index contributed by atoms with van der Waals surface area (Å²) in [5, 5.41) is 0.296. The van der Waals surface area contributed by atoms with Crippen molar-refractivity contribution in [1.29, 1.82) is 0 Å². The molecule has 1 aromatic rings. The van der Waals surface area contributed by atoms with Gasteiger partial charge in [-0.05, 0) is 12.1 Å². The first-order chi connectivity index (χ1) is 7.11. The number of carbonyl (C=O) groups excluding carboxylic acids is 1. The Balaban J connectivity index is 2.47. The van der Waals surface area contributed by atoms with Crippen LogP contribution in [0.2, 0.25) is 5.02 Å². The summed E-state index contributed by atoms with van der Waals surface area (Å²) in [4.78, 5) is 15.0. The summed E-state index contributed by atoms with van der Waals surface area (Å²) < 4.78 is 13.2. The zero-order valence-electron chi connectivity index (χ0n) is 7.80. The van der Waals surface area contributed by atoms with Crippen LogP contribution in [-0.4, -0.2) is 12.5 Å². The molecule has 82 valence electrons. The van der Waals surface area contributed by atoms with Gasteiger partial charge in [-0.1, -0.05) is 17.7 Å². The molecule has 0 unspecified atom stereocenters. The summed E-state index contributed by atoms with van der Waals surface area (Å²) in [5.74, 6) is -1.04. The van der Waals surface area contributed by atoms with E-state index in [4.69, 9.17) is 17.3 Å². The smallest absolute Gasteiger partial charge is 0.245 e. The van der Waals surface area contributed by atoms with Crippen LogP contribution in [-0.2, 0) is 16.2 Å². The highest BCUT2D eigenvalue weighted by Gasteiger charge is 2.06. The minimum atomic E-state index is -0.609. The van der Waals surface area contributed by atoms with E-state index in [9.17, 15) is 9.18 Å². The van der Waals surface area contributed by atoms with E-state index in [1.807, 2.05) is 0 Å². The lowest BCUT2D eigenvalue weighted by atomic mass is 10.2. The van der Waals surface area contributed by atoms with Crippen molar-refractivity contribution >= 4 is 17.5 Å². The van der Waals surface area contributed by atoms with Crippen molar-refractivity contribution in [2.24, 2.45) is 5.73 Å². The molecule has 0 saturated carbocycles. The van der Waals surface area contributed by atoms with Crippen LogP contribution in [0.1, 0.15) is 5.56 Å². The molecule has 0 fully saturated rings. The molecule has 15 heavy (non-hydrogen) atoms. The van der Waals surface area contributed by atoms with Crippen LogP contribution in [0, 0.1) is 5.82 Å². The topological polar surface area (TPSA) is 64.4 Å². The normalized spacial score (nSPS) is 10.3.